The highest BCUT2D eigenvalue weighted by Crippen LogP contribution is 2.36. The molecule has 0 radical (unpaired) electrons. The second-order valence-corrected chi connectivity index (χ2v) is 9.04. The van der Waals surface area contributed by atoms with Crippen molar-refractivity contribution in [3.8, 4) is 10.6 Å². The van der Waals surface area contributed by atoms with Gasteiger partial charge < -0.3 is 29.6 Å². The van der Waals surface area contributed by atoms with E-state index in [1.165, 1.54) is 0 Å². The molecule has 0 amide bonds. The lowest BCUT2D eigenvalue weighted by Crippen LogP contribution is -2.55. The van der Waals surface area contributed by atoms with E-state index in [1.807, 2.05) is 48.5 Å². The van der Waals surface area contributed by atoms with E-state index in [2.05, 4.69) is 4.98 Å². The number of furan rings is 1. The van der Waals surface area contributed by atoms with Crippen LogP contribution in [0.3, 0.4) is 0 Å². The highest BCUT2D eigenvalue weighted by molar-refractivity contribution is 7.15. The number of nitrogens with zero attached hydrogens (tertiary/aromatic N) is 1. The summed E-state index contributed by atoms with van der Waals surface area (Å²) < 4.78 is 11.3. The van der Waals surface area contributed by atoms with Gasteiger partial charge in [0.1, 0.15) is 36.3 Å². The lowest BCUT2D eigenvalue weighted by Gasteiger charge is -2.40. The summed E-state index contributed by atoms with van der Waals surface area (Å²) in [4.78, 5) is 5.49. The molecule has 5 rings (SSSR count). The molecule has 1 aliphatic heterocycles. The topological polar surface area (TPSA) is 116 Å². The average Bonchev–Trinajstić information content (AvgIpc) is 3.50. The highest BCUT2D eigenvalue weighted by Gasteiger charge is 2.44. The molecule has 2 aromatic heterocycles. The second kappa shape index (κ2) is 8.74. The molecular formula is C24H23NO6S. The normalized spacial score (nSPS) is 25.9. The third-order valence-electron chi connectivity index (χ3n) is 5.85. The Balaban J connectivity index is 1.52. The highest BCUT2D eigenvalue weighted by atomic mass is 32.1. The van der Waals surface area contributed by atoms with Crippen molar-refractivity contribution in [3.63, 3.8) is 0 Å². The number of ether oxygens (including phenoxy) is 1. The van der Waals surface area contributed by atoms with Gasteiger partial charge in [-0.1, -0.05) is 30.3 Å². The Labute approximate surface area is 188 Å². The number of aliphatic hydroxyl groups is 4. The number of rotatable bonds is 5. The van der Waals surface area contributed by atoms with Crippen molar-refractivity contribution < 1.29 is 29.6 Å². The monoisotopic (exact) mass is 453 g/mol. The number of fused-ring (bicyclic) bond motifs is 1. The van der Waals surface area contributed by atoms with E-state index < -0.39 is 37.1 Å². The molecule has 0 aliphatic carbocycles. The van der Waals surface area contributed by atoms with Crippen molar-refractivity contribution in [2.75, 3.05) is 6.61 Å². The Morgan fingerprint density at radius 1 is 0.969 bits per heavy atom. The SMILES string of the molecule is OC[C@H]1O[C@@H](c2cc(Cc3ncc(-c4ccco4)s3)c3ccccc3c2)[C@H](O)[C@@H](O)[C@@H]1O. The smallest absolute Gasteiger partial charge is 0.145 e. The molecular weight excluding hydrogens is 430 g/mol. The first-order valence-electron chi connectivity index (χ1n) is 10.4. The Hall–Kier alpha value is -2.59. The molecule has 32 heavy (non-hydrogen) atoms. The van der Waals surface area contributed by atoms with Crippen molar-refractivity contribution in [1.82, 2.24) is 4.98 Å². The first kappa shape index (κ1) is 21.3. The van der Waals surface area contributed by atoms with E-state index in [9.17, 15) is 20.4 Å². The van der Waals surface area contributed by atoms with E-state index in [1.54, 1.807) is 23.8 Å². The van der Waals surface area contributed by atoms with Gasteiger partial charge in [-0.3, -0.25) is 0 Å². The van der Waals surface area contributed by atoms with Crippen LogP contribution in [0, 0.1) is 0 Å². The van der Waals surface area contributed by atoms with Crippen LogP contribution in [0.4, 0.5) is 0 Å². The van der Waals surface area contributed by atoms with E-state index in [0.717, 1.165) is 32.0 Å². The molecule has 8 heteroatoms. The number of hydrogen-bond acceptors (Lipinski definition) is 8. The molecule has 0 spiro atoms. The maximum Gasteiger partial charge on any atom is 0.145 e. The fourth-order valence-electron chi connectivity index (χ4n) is 4.19. The Morgan fingerprint density at radius 3 is 2.59 bits per heavy atom. The fourth-order valence-corrected chi connectivity index (χ4v) is 5.10. The van der Waals surface area contributed by atoms with Crippen LogP contribution in [0.5, 0.6) is 0 Å². The third-order valence-corrected chi connectivity index (χ3v) is 6.86. The van der Waals surface area contributed by atoms with Gasteiger partial charge in [-0.25, -0.2) is 4.98 Å². The summed E-state index contributed by atoms with van der Waals surface area (Å²) in [5.74, 6) is 0.772. The van der Waals surface area contributed by atoms with Crippen molar-refractivity contribution in [2.24, 2.45) is 0 Å². The van der Waals surface area contributed by atoms with E-state index >= 15 is 0 Å². The van der Waals surface area contributed by atoms with Crippen LogP contribution in [-0.2, 0) is 11.2 Å². The van der Waals surface area contributed by atoms with Gasteiger partial charge in [-0.2, -0.15) is 0 Å². The minimum Gasteiger partial charge on any atom is -0.463 e. The van der Waals surface area contributed by atoms with Gasteiger partial charge in [0.2, 0.25) is 0 Å². The van der Waals surface area contributed by atoms with Crippen molar-refractivity contribution >= 4 is 22.1 Å². The lowest BCUT2D eigenvalue weighted by molar-refractivity contribution is -0.231. The van der Waals surface area contributed by atoms with Gasteiger partial charge in [0, 0.05) is 12.6 Å². The van der Waals surface area contributed by atoms with Gasteiger partial charge in [0.25, 0.3) is 0 Å². The van der Waals surface area contributed by atoms with Gasteiger partial charge in [0.15, 0.2) is 0 Å². The Bertz CT molecular complexity index is 1200. The molecule has 4 N–H and O–H groups in total. The van der Waals surface area contributed by atoms with Gasteiger partial charge >= 0.3 is 0 Å². The summed E-state index contributed by atoms with van der Waals surface area (Å²) in [6.45, 7) is -0.462. The van der Waals surface area contributed by atoms with Crippen LogP contribution in [0.15, 0.2) is 65.4 Å². The van der Waals surface area contributed by atoms with Gasteiger partial charge in [-0.05, 0) is 40.1 Å². The van der Waals surface area contributed by atoms with Crippen LogP contribution >= 0.6 is 11.3 Å². The minimum atomic E-state index is -1.42. The number of aromatic nitrogens is 1. The molecule has 0 saturated carbocycles. The zero-order chi connectivity index (χ0) is 22.2. The van der Waals surface area contributed by atoms with Crippen LogP contribution in [-0.4, -0.2) is 56.4 Å². The lowest BCUT2D eigenvalue weighted by atomic mass is 9.88. The molecule has 1 saturated heterocycles. The number of benzene rings is 2. The molecule has 166 valence electrons. The molecule has 2 aromatic carbocycles. The second-order valence-electron chi connectivity index (χ2n) is 7.92. The van der Waals surface area contributed by atoms with Crippen molar-refractivity contribution in [1.29, 1.82) is 0 Å². The first-order chi connectivity index (χ1) is 15.5. The zero-order valence-electron chi connectivity index (χ0n) is 17.0. The summed E-state index contributed by atoms with van der Waals surface area (Å²) in [6, 6.07) is 15.5. The predicted molar refractivity (Wildman–Crippen MR) is 119 cm³/mol. The minimum absolute atomic E-state index is 0.462. The van der Waals surface area contributed by atoms with E-state index in [4.69, 9.17) is 9.15 Å². The average molecular weight is 454 g/mol. The quantitative estimate of drug-likeness (QED) is 0.367. The van der Waals surface area contributed by atoms with Crippen LogP contribution in [0.2, 0.25) is 0 Å². The van der Waals surface area contributed by atoms with Crippen LogP contribution in [0.25, 0.3) is 21.4 Å². The molecule has 4 aromatic rings. The summed E-state index contributed by atoms with van der Waals surface area (Å²) in [6.07, 6.45) is -1.98. The molecule has 5 atom stereocenters. The number of aliphatic hydroxyl groups excluding tert-OH is 4. The summed E-state index contributed by atoms with van der Waals surface area (Å²) in [5.41, 5.74) is 1.66. The Kier molecular flexibility index (Phi) is 5.81. The molecule has 0 unspecified atom stereocenters. The zero-order valence-corrected chi connectivity index (χ0v) is 17.9. The first-order valence-corrected chi connectivity index (χ1v) is 11.2. The molecule has 3 heterocycles. The van der Waals surface area contributed by atoms with E-state index in [0.29, 0.717) is 12.0 Å². The standard InChI is InChI=1S/C24H23NO6S/c26-12-18-21(27)22(28)23(29)24(31-18)15-8-13-4-1-2-5-16(13)14(9-15)10-20-25-11-19(32-20)17-6-3-7-30-17/h1-9,11,18,21-24,26-29H,10,12H2/t18-,21-,22+,23-,24+/m1/s1. The molecule has 7 nitrogen and oxygen atoms in total. The molecule has 0 bridgehead atoms. The molecule has 1 aliphatic rings. The summed E-state index contributed by atoms with van der Waals surface area (Å²) in [7, 11) is 0. The Morgan fingerprint density at radius 2 is 1.81 bits per heavy atom. The number of hydrogen-bond donors (Lipinski definition) is 4. The predicted octanol–water partition coefficient (Wildman–Crippen LogP) is 2.66. The van der Waals surface area contributed by atoms with Crippen LogP contribution in [0.1, 0.15) is 22.2 Å². The van der Waals surface area contributed by atoms with Crippen molar-refractivity contribution in [2.45, 2.75) is 36.9 Å². The van der Waals surface area contributed by atoms with E-state index in [-0.39, 0.29) is 0 Å². The van der Waals surface area contributed by atoms with Gasteiger partial charge in [-0.15, -0.1) is 11.3 Å². The maximum absolute atomic E-state index is 10.6. The summed E-state index contributed by atoms with van der Waals surface area (Å²) in [5, 5.41) is 43.4. The number of thiazole rings is 1. The summed E-state index contributed by atoms with van der Waals surface area (Å²) >= 11 is 1.55. The van der Waals surface area contributed by atoms with Gasteiger partial charge in [0.05, 0.1) is 22.8 Å². The largest absolute Gasteiger partial charge is 0.463 e. The maximum atomic E-state index is 10.6. The van der Waals surface area contributed by atoms with Crippen molar-refractivity contribution in [3.05, 3.63) is 77.1 Å². The fraction of sp³-hybridized carbons (Fsp3) is 0.292. The molecule has 1 fully saturated rings. The third kappa shape index (κ3) is 3.86. The van der Waals surface area contributed by atoms with Crippen LogP contribution < -0.4 is 0 Å².